The Labute approximate surface area is 250 Å². The lowest BCUT2D eigenvalue weighted by Crippen LogP contribution is -2.44. The van der Waals surface area contributed by atoms with E-state index in [1.807, 2.05) is 35.1 Å². The van der Waals surface area contributed by atoms with Gasteiger partial charge < -0.3 is 20.4 Å². The van der Waals surface area contributed by atoms with Crippen LogP contribution in [-0.2, 0) is 11.0 Å². The molecular formula is C32H38F3N5OS. The molecule has 0 bridgehead atoms. The molecule has 0 atom stereocenters. The van der Waals surface area contributed by atoms with E-state index < -0.39 is 11.7 Å². The van der Waals surface area contributed by atoms with Gasteiger partial charge in [0.25, 0.3) is 0 Å². The minimum absolute atomic E-state index is 0.0399. The average Bonchev–Trinajstić information content (AvgIpc) is 3.01. The van der Waals surface area contributed by atoms with Crippen LogP contribution in [0.1, 0.15) is 30.4 Å². The number of nitrogens with zero attached hydrogens (tertiary/aromatic N) is 3. The van der Waals surface area contributed by atoms with Crippen LogP contribution in [0.2, 0.25) is 0 Å². The Bertz CT molecular complexity index is 1350. The first kappa shape index (κ1) is 30.2. The number of pyridine rings is 1. The number of halogens is 3. The summed E-state index contributed by atoms with van der Waals surface area (Å²) in [5, 5.41) is 6.21. The van der Waals surface area contributed by atoms with E-state index in [1.165, 1.54) is 28.2 Å². The van der Waals surface area contributed by atoms with Crippen LogP contribution in [-0.4, -0.2) is 67.4 Å². The minimum atomic E-state index is -4.45. The van der Waals surface area contributed by atoms with Crippen molar-refractivity contribution in [3.63, 3.8) is 0 Å². The van der Waals surface area contributed by atoms with Gasteiger partial charge in [0.05, 0.1) is 5.56 Å². The van der Waals surface area contributed by atoms with Gasteiger partial charge >= 0.3 is 6.18 Å². The lowest BCUT2D eigenvalue weighted by molar-refractivity contribution is -0.137. The number of hydrogen-bond donors (Lipinski definition) is 2. The highest BCUT2D eigenvalue weighted by atomic mass is 32.2. The van der Waals surface area contributed by atoms with Crippen LogP contribution in [0.5, 0.6) is 0 Å². The normalized spacial score (nSPS) is 16.5. The summed E-state index contributed by atoms with van der Waals surface area (Å²) in [6.07, 6.45) is 1.46. The predicted octanol–water partition coefficient (Wildman–Crippen LogP) is 6.32. The Kier molecular flexibility index (Phi) is 9.95. The first-order valence-corrected chi connectivity index (χ1v) is 15.6. The van der Waals surface area contributed by atoms with Crippen molar-refractivity contribution in [1.29, 1.82) is 0 Å². The van der Waals surface area contributed by atoms with Crippen molar-refractivity contribution < 1.29 is 18.0 Å². The molecule has 2 saturated heterocycles. The van der Waals surface area contributed by atoms with Crippen LogP contribution in [0.4, 0.5) is 24.5 Å². The monoisotopic (exact) mass is 597 g/mol. The molecule has 2 aliphatic rings. The molecule has 3 heterocycles. The number of hydrogen-bond acceptors (Lipinski definition) is 6. The Morgan fingerprint density at radius 2 is 1.81 bits per heavy atom. The smallest absolute Gasteiger partial charge is 0.385 e. The molecule has 0 unspecified atom stereocenters. The molecule has 1 amide bonds. The van der Waals surface area contributed by atoms with Crippen LogP contribution in [0, 0.1) is 12.8 Å². The maximum absolute atomic E-state index is 13.8. The Morgan fingerprint density at radius 1 is 1.05 bits per heavy atom. The molecule has 1 aromatic heterocycles. The van der Waals surface area contributed by atoms with Gasteiger partial charge in [-0.05, 0) is 61.1 Å². The zero-order chi connectivity index (χ0) is 29.5. The molecule has 42 heavy (non-hydrogen) atoms. The molecule has 2 aliphatic heterocycles. The van der Waals surface area contributed by atoms with E-state index in [1.54, 1.807) is 11.0 Å². The highest BCUT2D eigenvalue weighted by Crippen LogP contribution is 2.39. The fourth-order valence-corrected chi connectivity index (χ4v) is 6.89. The summed E-state index contributed by atoms with van der Waals surface area (Å²) in [6, 6.07) is 14.8. The number of carbonyl (C=O) groups is 1. The van der Waals surface area contributed by atoms with Crippen molar-refractivity contribution in [2.45, 2.75) is 37.3 Å². The highest BCUT2D eigenvalue weighted by Gasteiger charge is 2.35. The number of aromatic nitrogens is 1. The number of nitrogens with one attached hydrogen (secondary N) is 2. The van der Waals surface area contributed by atoms with Crippen LogP contribution >= 0.6 is 11.8 Å². The fourth-order valence-electron chi connectivity index (χ4n) is 5.67. The molecule has 224 valence electrons. The summed E-state index contributed by atoms with van der Waals surface area (Å²) < 4.78 is 41.5. The SMILES string of the molecule is Cc1ccccc1-c1cnccc1SCC1CCN(C(=O)CCNc2ccc(N3CCNCC3)c(C(F)(F)F)c2)CC1. The first-order valence-electron chi connectivity index (χ1n) is 14.6. The van der Waals surface area contributed by atoms with E-state index in [4.69, 9.17) is 0 Å². The van der Waals surface area contributed by atoms with Crippen LogP contribution < -0.4 is 15.5 Å². The van der Waals surface area contributed by atoms with Crippen LogP contribution in [0.15, 0.2) is 65.8 Å². The molecule has 6 nitrogen and oxygen atoms in total. The summed E-state index contributed by atoms with van der Waals surface area (Å²) in [5.74, 6) is 1.54. The van der Waals surface area contributed by atoms with Gasteiger partial charge in [0.2, 0.25) is 5.91 Å². The van der Waals surface area contributed by atoms with E-state index >= 15 is 0 Å². The Balaban J connectivity index is 1.09. The number of amides is 1. The third-order valence-corrected chi connectivity index (χ3v) is 9.39. The second-order valence-corrected chi connectivity index (χ2v) is 12.0. The van der Waals surface area contributed by atoms with Crippen molar-refractivity contribution in [2.75, 3.05) is 61.8 Å². The summed E-state index contributed by atoms with van der Waals surface area (Å²) in [7, 11) is 0. The van der Waals surface area contributed by atoms with Gasteiger partial charge in [-0.2, -0.15) is 13.2 Å². The third kappa shape index (κ3) is 7.58. The van der Waals surface area contributed by atoms with E-state index in [9.17, 15) is 18.0 Å². The second kappa shape index (κ2) is 13.8. The number of carbonyl (C=O) groups excluding carboxylic acids is 1. The lowest BCUT2D eigenvalue weighted by atomic mass is 9.99. The molecule has 0 saturated carbocycles. The predicted molar refractivity (Wildman–Crippen MR) is 164 cm³/mol. The minimum Gasteiger partial charge on any atom is -0.385 e. The molecule has 5 rings (SSSR count). The van der Waals surface area contributed by atoms with Crippen molar-refractivity contribution in [3.8, 4) is 11.1 Å². The lowest BCUT2D eigenvalue weighted by Gasteiger charge is -2.32. The van der Waals surface area contributed by atoms with Gasteiger partial charge in [-0.1, -0.05) is 24.3 Å². The average molecular weight is 598 g/mol. The maximum atomic E-state index is 13.8. The molecule has 2 fully saturated rings. The van der Waals surface area contributed by atoms with Gasteiger partial charge in [0.1, 0.15) is 0 Å². The Morgan fingerprint density at radius 3 is 2.55 bits per heavy atom. The molecule has 10 heteroatoms. The number of alkyl halides is 3. The molecule has 2 aromatic carbocycles. The zero-order valence-corrected chi connectivity index (χ0v) is 24.7. The van der Waals surface area contributed by atoms with E-state index in [0.717, 1.165) is 24.2 Å². The number of anilines is 2. The Hall–Kier alpha value is -3.24. The van der Waals surface area contributed by atoms with Gasteiger partial charge in [0, 0.05) is 92.2 Å². The summed E-state index contributed by atoms with van der Waals surface area (Å²) >= 11 is 1.85. The first-order chi connectivity index (χ1) is 20.3. The molecule has 3 aromatic rings. The van der Waals surface area contributed by atoms with Gasteiger partial charge in [0.15, 0.2) is 0 Å². The van der Waals surface area contributed by atoms with Crippen molar-refractivity contribution in [2.24, 2.45) is 5.92 Å². The van der Waals surface area contributed by atoms with Gasteiger partial charge in [-0.15, -0.1) is 11.8 Å². The van der Waals surface area contributed by atoms with Gasteiger partial charge in [-0.25, -0.2) is 0 Å². The maximum Gasteiger partial charge on any atom is 0.418 e. The number of piperazine rings is 1. The number of likely N-dealkylation sites (tertiary alicyclic amines) is 1. The highest BCUT2D eigenvalue weighted by molar-refractivity contribution is 7.99. The third-order valence-electron chi connectivity index (χ3n) is 8.09. The second-order valence-electron chi connectivity index (χ2n) is 11.0. The largest absolute Gasteiger partial charge is 0.418 e. The fraction of sp³-hybridized carbons (Fsp3) is 0.438. The molecular weight excluding hydrogens is 559 g/mol. The summed E-state index contributed by atoms with van der Waals surface area (Å²) in [6.45, 7) is 6.23. The number of piperidine rings is 1. The molecule has 0 spiro atoms. The molecule has 2 N–H and O–H groups in total. The van der Waals surface area contributed by atoms with E-state index in [2.05, 4.69) is 46.8 Å². The number of thioether (sulfide) groups is 1. The van der Waals surface area contributed by atoms with Crippen LogP contribution in [0.25, 0.3) is 11.1 Å². The van der Waals surface area contributed by atoms with E-state index in [-0.39, 0.29) is 18.0 Å². The number of aryl methyl sites for hydroxylation is 1. The van der Waals surface area contributed by atoms with E-state index in [0.29, 0.717) is 57.4 Å². The molecule has 0 radical (unpaired) electrons. The summed E-state index contributed by atoms with van der Waals surface area (Å²) in [5.41, 5.74) is 3.53. The van der Waals surface area contributed by atoms with Crippen molar-refractivity contribution >= 4 is 29.0 Å². The van der Waals surface area contributed by atoms with Gasteiger partial charge in [-0.3, -0.25) is 9.78 Å². The number of rotatable bonds is 9. The number of benzene rings is 2. The summed E-state index contributed by atoms with van der Waals surface area (Å²) in [4.78, 5) is 22.1. The standard InChI is InChI=1S/C32H38F3N5OS/c1-23-4-2-3-5-26(23)27-21-37-12-8-30(27)42-22-24-10-16-40(17-11-24)31(41)9-13-38-25-6-7-29(28(20-25)32(33,34)35)39-18-14-36-15-19-39/h2-8,12,20-21,24,36,38H,9-11,13-19,22H2,1H3. The van der Waals surface area contributed by atoms with Crippen molar-refractivity contribution in [3.05, 3.63) is 72.1 Å². The quantitative estimate of drug-likeness (QED) is 0.282. The topological polar surface area (TPSA) is 60.5 Å². The van der Waals surface area contributed by atoms with Crippen LogP contribution in [0.3, 0.4) is 0 Å². The zero-order valence-electron chi connectivity index (χ0n) is 23.9. The van der Waals surface area contributed by atoms with Crippen molar-refractivity contribution in [1.82, 2.24) is 15.2 Å². The molecule has 0 aliphatic carbocycles.